The maximum atomic E-state index is 11.2. The first-order valence-corrected chi connectivity index (χ1v) is 6.71. The zero-order valence-corrected chi connectivity index (χ0v) is 10.0. The van der Waals surface area contributed by atoms with Crippen molar-refractivity contribution in [1.82, 2.24) is 0 Å². The van der Waals surface area contributed by atoms with E-state index in [1.165, 1.54) is 6.26 Å². The van der Waals surface area contributed by atoms with Crippen LogP contribution in [0.4, 0.5) is 0 Å². The summed E-state index contributed by atoms with van der Waals surface area (Å²) >= 11 is 0. The predicted octanol–water partition coefficient (Wildman–Crippen LogP) is 2.12. The molecule has 84 valence electrons. The number of hydrogen-bond donors (Lipinski definition) is 0. The zero-order valence-electron chi connectivity index (χ0n) is 9.23. The second kappa shape index (κ2) is 4.66. The lowest BCUT2D eigenvalue weighted by Crippen LogP contribution is -2.04. The van der Waals surface area contributed by atoms with Gasteiger partial charge in [0.25, 0.3) is 0 Å². The Morgan fingerprint density at radius 1 is 1.20 bits per heavy atom. The van der Waals surface area contributed by atoms with Gasteiger partial charge in [0.1, 0.15) is 5.75 Å². The Hall–Kier alpha value is -1.03. The molecule has 0 N–H and O–H groups in total. The summed E-state index contributed by atoms with van der Waals surface area (Å²) in [4.78, 5) is 0.319. The Morgan fingerprint density at radius 3 is 2.13 bits per heavy atom. The van der Waals surface area contributed by atoms with Crippen molar-refractivity contribution in [3.05, 3.63) is 24.3 Å². The van der Waals surface area contributed by atoms with Gasteiger partial charge in [0.05, 0.1) is 11.5 Å². The van der Waals surface area contributed by atoms with Crippen molar-refractivity contribution in [2.45, 2.75) is 18.7 Å². The minimum Gasteiger partial charge on any atom is -0.493 e. The SMILES string of the molecule is CC(C)COc1ccc(S(C)(=O)=O)cc1. The van der Waals surface area contributed by atoms with Gasteiger partial charge in [-0.3, -0.25) is 0 Å². The molecule has 3 nitrogen and oxygen atoms in total. The van der Waals surface area contributed by atoms with Gasteiger partial charge in [-0.15, -0.1) is 0 Å². The van der Waals surface area contributed by atoms with Gasteiger partial charge in [0, 0.05) is 6.26 Å². The molecule has 0 amide bonds. The smallest absolute Gasteiger partial charge is 0.175 e. The fraction of sp³-hybridized carbons (Fsp3) is 0.455. The molecule has 0 atom stereocenters. The van der Waals surface area contributed by atoms with Crippen LogP contribution in [-0.2, 0) is 9.84 Å². The van der Waals surface area contributed by atoms with Crippen molar-refractivity contribution >= 4 is 9.84 Å². The molecule has 0 spiro atoms. The van der Waals surface area contributed by atoms with Crippen molar-refractivity contribution < 1.29 is 13.2 Å². The Balaban J connectivity index is 2.73. The fourth-order valence-electron chi connectivity index (χ4n) is 1.05. The highest BCUT2D eigenvalue weighted by molar-refractivity contribution is 7.90. The van der Waals surface area contributed by atoms with Crippen LogP contribution >= 0.6 is 0 Å². The molecule has 0 saturated heterocycles. The normalized spacial score (nSPS) is 11.7. The van der Waals surface area contributed by atoms with Crippen molar-refractivity contribution in [2.75, 3.05) is 12.9 Å². The first-order valence-electron chi connectivity index (χ1n) is 4.82. The van der Waals surface area contributed by atoms with E-state index < -0.39 is 9.84 Å². The van der Waals surface area contributed by atoms with E-state index in [2.05, 4.69) is 13.8 Å². The summed E-state index contributed by atoms with van der Waals surface area (Å²) in [6.07, 6.45) is 1.19. The van der Waals surface area contributed by atoms with Gasteiger partial charge >= 0.3 is 0 Å². The second-order valence-corrected chi connectivity index (χ2v) is 5.96. The summed E-state index contributed by atoms with van der Waals surface area (Å²) < 4.78 is 27.8. The van der Waals surface area contributed by atoms with Crippen LogP contribution in [-0.4, -0.2) is 21.3 Å². The van der Waals surface area contributed by atoms with Crippen molar-refractivity contribution in [3.8, 4) is 5.75 Å². The Labute approximate surface area is 91.0 Å². The van der Waals surface area contributed by atoms with Gasteiger partial charge in [0.2, 0.25) is 0 Å². The number of ether oxygens (including phenoxy) is 1. The second-order valence-electron chi connectivity index (χ2n) is 3.95. The van der Waals surface area contributed by atoms with E-state index in [1.807, 2.05) is 0 Å². The van der Waals surface area contributed by atoms with Crippen LogP contribution < -0.4 is 4.74 Å². The van der Waals surface area contributed by atoms with E-state index in [9.17, 15) is 8.42 Å². The molecule has 1 rings (SSSR count). The monoisotopic (exact) mass is 228 g/mol. The largest absolute Gasteiger partial charge is 0.493 e. The highest BCUT2D eigenvalue weighted by Crippen LogP contribution is 2.16. The molecule has 0 aromatic heterocycles. The van der Waals surface area contributed by atoms with Crippen LogP contribution in [0.15, 0.2) is 29.2 Å². The molecule has 0 saturated carbocycles. The maximum absolute atomic E-state index is 11.2. The summed E-state index contributed by atoms with van der Waals surface area (Å²) in [5.41, 5.74) is 0. The lowest BCUT2D eigenvalue weighted by Gasteiger charge is -2.08. The van der Waals surface area contributed by atoms with Gasteiger partial charge in [-0.1, -0.05) is 13.8 Å². The molecular weight excluding hydrogens is 212 g/mol. The summed E-state index contributed by atoms with van der Waals surface area (Å²) in [7, 11) is -3.11. The molecule has 1 aromatic rings. The highest BCUT2D eigenvalue weighted by atomic mass is 32.2. The first kappa shape index (κ1) is 12.0. The molecule has 1 aromatic carbocycles. The molecule has 15 heavy (non-hydrogen) atoms. The van der Waals surface area contributed by atoms with Crippen LogP contribution in [0.3, 0.4) is 0 Å². The van der Waals surface area contributed by atoms with E-state index in [-0.39, 0.29) is 0 Å². The average Bonchev–Trinajstić information content (AvgIpc) is 2.14. The third-order valence-electron chi connectivity index (χ3n) is 1.84. The Bertz CT molecular complexity index is 404. The van der Waals surface area contributed by atoms with E-state index in [0.29, 0.717) is 23.2 Å². The lowest BCUT2D eigenvalue weighted by atomic mass is 10.2. The molecule has 0 radical (unpaired) electrons. The van der Waals surface area contributed by atoms with Gasteiger partial charge in [-0.05, 0) is 30.2 Å². The van der Waals surface area contributed by atoms with Crippen LogP contribution in [0.5, 0.6) is 5.75 Å². The Morgan fingerprint density at radius 2 is 1.73 bits per heavy atom. The summed E-state index contributed by atoms with van der Waals surface area (Å²) in [6.45, 7) is 4.76. The molecule has 0 aliphatic rings. The molecular formula is C11H16O3S. The Kier molecular flexibility index (Phi) is 3.74. The number of sulfone groups is 1. The molecule has 0 unspecified atom stereocenters. The summed E-state index contributed by atoms with van der Waals surface area (Å²) in [5, 5.41) is 0. The third-order valence-corrected chi connectivity index (χ3v) is 2.96. The van der Waals surface area contributed by atoms with Crippen LogP contribution in [0.25, 0.3) is 0 Å². The minimum atomic E-state index is -3.11. The van der Waals surface area contributed by atoms with Crippen LogP contribution in [0, 0.1) is 5.92 Å². The summed E-state index contributed by atoms with van der Waals surface area (Å²) in [6, 6.07) is 6.48. The number of rotatable bonds is 4. The third kappa shape index (κ3) is 3.91. The van der Waals surface area contributed by atoms with Crippen molar-refractivity contribution in [3.63, 3.8) is 0 Å². The van der Waals surface area contributed by atoms with Gasteiger partial charge in [-0.25, -0.2) is 8.42 Å². The van der Waals surface area contributed by atoms with Crippen LogP contribution in [0.2, 0.25) is 0 Å². The lowest BCUT2D eigenvalue weighted by molar-refractivity contribution is 0.271. The molecule has 0 aliphatic heterocycles. The van der Waals surface area contributed by atoms with Crippen molar-refractivity contribution in [2.24, 2.45) is 5.92 Å². The van der Waals surface area contributed by atoms with E-state index >= 15 is 0 Å². The summed E-state index contributed by atoms with van der Waals surface area (Å²) in [5.74, 6) is 1.16. The molecule has 0 heterocycles. The molecule has 0 fully saturated rings. The molecule has 0 aliphatic carbocycles. The zero-order chi connectivity index (χ0) is 11.5. The number of benzene rings is 1. The van der Waals surface area contributed by atoms with E-state index in [1.54, 1.807) is 24.3 Å². The molecule has 0 bridgehead atoms. The van der Waals surface area contributed by atoms with Gasteiger partial charge in [0.15, 0.2) is 9.84 Å². The van der Waals surface area contributed by atoms with E-state index in [0.717, 1.165) is 0 Å². The topological polar surface area (TPSA) is 43.4 Å². The quantitative estimate of drug-likeness (QED) is 0.793. The minimum absolute atomic E-state index is 0.319. The van der Waals surface area contributed by atoms with Crippen molar-refractivity contribution in [1.29, 1.82) is 0 Å². The average molecular weight is 228 g/mol. The first-order chi connectivity index (χ1) is 6.89. The number of hydrogen-bond acceptors (Lipinski definition) is 3. The highest BCUT2D eigenvalue weighted by Gasteiger charge is 2.06. The van der Waals surface area contributed by atoms with E-state index in [4.69, 9.17) is 4.74 Å². The maximum Gasteiger partial charge on any atom is 0.175 e. The fourth-order valence-corrected chi connectivity index (χ4v) is 1.68. The predicted molar refractivity (Wildman–Crippen MR) is 59.9 cm³/mol. The standard InChI is InChI=1S/C11H16O3S/c1-9(2)8-14-10-4-6-11(7-5-10)15(3,12)13/h4-7,9H,8H2,1-3H3. The van der Waals surface area contributed by atoms with Gasteiger partial charge < -0.3 is 4.74 Å². The molecule has 4 heteroatoms. The van der Waals surface area contributed by atoms with Gasteiger partial charge in [-0.2, -0.15) is 0 Å². The van der Waals surface area contributed by atoms with Crippen LogP contribution in [0.1, 0.15) is 13.8 Å².